The molecule has 1 saturated heterocycles. The van der Waals surface area contributed by atoms with Crippen LogP contribution in [0.4, 0.5) is 5.69 Å². The Labute approximate surface area is 192 Å². The molecule has 0 aromatic heterocycles. The van der Waals surface area contributed by atoms with Gasteiger partial charge >= 0.3 is 0 Å². The van der Waals surface area contributed by atoms with Crippen molar-refractivity contribution in [2.75, 3.05) is 45.7 Å². The maximum atomic E-state index is 13.0. The molecule has 1 fully saturated rings. The van der Waals surface area contributed by atoms with Gasteiger partial charge in [-0.1, -0.05) is 29.3 Å². The van der Waals surface area contributed by atoms with Gasteiger partial charge < -0.3 is 15.0 Å². The van der Waals surface area contributed by atoms with Gasteiger partial charge in [0.2, 0.25) is 15.9 Å². The predicted molar refractivity (Wildman–Crippen MR) is 123 cm³/mol. The summed E-state index contributed by atoms with van der Waals surface area (Å²) in [6, 6.07) is 9.62. The lowest BCUT2D eigenvalue weighted by molar-refractivity contribution is -0.116. The van der Waals surface area contributed by atoms with E-state index in [4.69, 9.17) is 27.9 Å². The number of anilines is 1. The van der Waals surface area contributed by atoms with Crippen molar-refractivity contribution in [1.82, 2.24) is 9.21 Å². The third-order valence-corrected chi connectivity index (χ3v) is 7.66. The van der Waals surface area contributed by atoms with Crippen LogP contribution in [0.1, 0.15) is 12.0 Å². The first-order valence-electron chi connectivity index (χ1n) is 9.81. The van der Waals surface area contributed by atoms with Crippen molar-refractivity contribution in [2.24, 2.45) is 0 Å². The molecule has 2 aromatic carbocycles. The van der Waals surface area contributed by atoms with Crippen molar-refractivity contribution in [3.63, 3.8) is 0 Å². The fraction of sp³-hybridized carbons (Fsp3) is 0.381. The normalized spacial score (nSPS) is 15.6. The molecule has 0 spiro atoms. The fourth-order valence-electron chi connectivity index (χ4n) is 3.31. The Hall–Kier alpha value is -1.84. The molecule has 1 amide bonds. The lowest BCUT2D eigenvalue weighted by Crippen LogP contribution is -2.47. The number of rotatable bonds is 7. The Bertz CT molecular complexity index is 1050. The Morgan fingerprint density at radius 2 is 1.81 bits per heavy atom. The second kappa shape index (κ2) is 10.2. The highest BCUT2D eigenvalue weighted by atomic mass is 35.5. The van der Waals surface area contributed by atoms with Gasteiger partial charge in [-0.25, -0.2) is 8.42 Å². The minimum Gasteiger partial charge on any atom is -0.495 e. The highest BCUT2D eigenvalue weighted by molar-refractivity contribution is 7.89. The number of hydrogen-bond donors (Lipinski definition) is 1. The largest absolute Gasteiger partial charge is 0.495 e. The van der Waals surface area contributed by atoms with Crippen LogP contribution in [0.5, 0.6) is 5.75 Å². The maximum absolute atomic E-state index is 13.0. The van der Waals surface area contributed by atoms with Gasteiger partial charge in [0.1, 0.15) is 5.75 Å². The predicted octanol–water partition coefficient (Wildman–Crippen LogP) is 3.51. The third kappa shape index (κ3) is 5.90. The molecule has 2 aromatic rings. The number of ether oxygens (including phenoxy) is 1. The van der Waals surface area contributed by atoms with E-state index in [-0.39, 0.29) is 17.2 Å². The number of likely N-dealkylation sites (N-methyl/N-ethyl adjacent to an activating group) is 1. The first kappa shape index (κ1) is 23.8. The minimum absolute atomic E-state index is 0.119. The number of sulfonamides is 1. The summed E-state index contributed by atoms with van der Waals surface area (Å²) < 4.78 is 32.8. The van der Waals surface area contributed by atoms with Gasteiger partial charge in [-0.2, -0.15) is 4.31 Å². The van der Waals surface area contributed by atoms with Gasteiger partial charge in [-0.3, -0.25) is 4.79 Å². The van der Waals surface area contributed by atoms with Gasteiger partial charge in [0.15, 0.2) is 0 Å². The smallest absolute Gasteiger partial charge is 0.243 e. The SMILES string of the molecule is COc1ccc(S(=O)(=O)N2CCN(C)CC2)cc1NC(=O)CCc1ccc(Cl)cc1Cl. The zero-order valence-corrected chi connectivity index (χ0v) is 19.7. The average Bonchev–Trinajstić information content (AvgIpc) is 2.73. The number of nitrogens with one attached hydrogen (secondary N) is 1. The zero-order valence-electron chi connectivity index (χ0n) is 17.4. The van der Waals surface area contributed by atoms with Crippen LogP contribution in [0.3, 0.4) is 0 Å². The molecular weight excluding hydrogens is 461 g/mol. The molecule has 0 bridgehead atoms. The highest BCUT2D eigenvalue weighted by Gasteiger charge is 2.28. The molecule has 1 heterocycles. The second-order valence-corrected chi connectivity index (χ2v) is 10.1. The van der Waals surface area contributed by atoms with Crippen molar-refractivity contribution < 1.29 is 17.9 Å². The topological polar surface area (TPSA) is 79.0 Å². The lowest BCUT2D eigenvalue weighted by Gasteiger charge is -2.31. The Balaban J connectivity index is 1.73. The van der Waals surface area contributed by atoms with E-state index in [9.17, 15) is 13.2 Å². The van der Waals surface area contributed by atoms with E-state index in [2.05, 4.69) is 10.2 Å². The summed E-state index contributed by atoms with van der Waals surface area (Å²) in [6.07, 6.45) is 0.587. The third-order valence-electron chi connectivity index (χ3n) is 5.18. The zero-order chi connectivity index (χ0) is 22.6. The van der Waals surface area contributed by atoms with Crippen molar-refractivity contribution in [1.29, 1.82) is 0 Å². The monoisotopic (exact) mass is 485 g/mol. The van der Waals surface area contributed by atoms with E-state index in [0.717, 1.165) is 5.56 Å². The molecule has 0 radical (unpaired) electrons. The summed E-state index contributed by atoms with van der Waals surface area (Å²) in [5, 5.41) is 3.79. The van der Waals surface area contributed by atoms with Crippen LogP contribution in [0, 0.1) is 0 Å². The number of nitrogens with zero attached hydrogens (tertiary/aromatic N) is 2. The number of halogens is 2. The summed E-state index contributed by atoms with van der Waals surface area (Å²) in [5.74, 6) is 0.105. The molecular formula is C21H25Cl2N3O4S. The van der Waals surface area contributed by atoms with Crippen molar-refractivity contribution >= 4 is 44.8 Å². The molecule has 10 heteroatoms. The van der Waals surface area contributed by atoms with E-state index < -0.39 is 10.0 Å². The quantitative estimate of drug-likeness (QED) is 0.648. The molecule has 7 nitrogen and oxygen atoms in total. The van der Waals surface area contributed by atoms with Crippen molar-refractivity contribution in [3.8, 4) is 5.75 Å². The summed E-state index contributed by atoms with van der Waals surface area (Å²) in [6.45, 7) is 2.20. The van der Waals surface area contributed by atoms with E-state index in [0.29, 0.717) is 54.1 Å². The molecule has 3 rings (SSSR count). The van der Waals surface area contributed by atoms with Crippen LogP contribution >= 0.6 is 23.2 Å². The molecule has 0 saturated carbocycles. The van der Waals surface area contributed by atoms with Crippen LogP contribution in [-0.2, 0) is 21.2 Å². The van der Waals surface area contributed by atoms with Crippen LogP contribution in [-0.4, -0.2) is 63.9 Å². The van der Waals surface area contributed by atoms with Crippen LogP contribution in [0.25, 0.3) is 0 Å². The molecule has 1 N–H and O–H groups in total. The first-order chi connectivity index (χ1) is 14.7. The number of methoxy groups -OCH3 is 1. The number of aryl methyl sites for hydroxylation is 1. The van der Waals surface area contributed by atoms with Crippen LogP contribution in [0.2, 0.25) is 10.0 Å². The fourth-order valence-corrected chi connectivity index (χ4v) is 5.26. The molecule has 0 unspecified atom stereocenters. The van der Waals surface area contributed by atoms with Gasteiger partial charge in [-0.05, 0) is 49.4 Å². The van der Waals surface area contributed by atoms with Crippen molar-refractivity contribution in [3.05, 3.63) is 52.0 Å². The second-order valence-electron chi connectivity index (χ2n) is 7.35. The molecule has 0 aliphatic carbocycles. The summed E-state index contributed by atoms with van der Waals surface area (Å²) in [4.78, 5) is 14.7. The van der Waals surface area contributed by atoms with Crippen LogP contribution in [0.15, 0.2) is 41.3 Å². The highest BCUT2D eigenvalue weighted by Crippen LogP contribution is 2.30. The van der Waals surface area contributed by atoms with E-state index in [1.807, 2.05) is 7.05 Å². The van der Waals surface area contributed by atoms with Gasteiger partial charge in [0.25, 0.3) is 0 Å². The number of benzene rings is 2. The Morgan fingerprint density at radius 1 is 1.10 bits per heavy atom. The van der Waals surface area contributed by atoms with Gasteiger partial charge in [0, 0.05) is 42.6 Å². The standard InChI is InChI=1S/C21H25Cl2N3O4S/c1-25-9-11-26(12-10-25)31(28,29)17-6-7-20(30-2)19(14-17)24-21(27)8-4-15-3-5-16(22)13-18(15)23/h3,5-7,13-14H,4,8-12H2,1-2H3,(H,24,27). The molecule has 31 heavy (non-hydrogen) atoms. The Kier molecular flexibility index (Phi) is 7.82. The number of carbonyl (C=O) groups is 1. The van der Waals surface area contributed by atoms with E-state index in [1.54, 1.807) is 24.3 Å². The summed E-state index contributed by atoms with van der Waals surface area (Å²) >= 11 is 12.1. The minimum atomic E-state index is -3.66. The van der Waals surface area contributed by atoms with E-state index in [1.165, 1.54) is 23.5 Å². The van der Waals surface area contributed by atoms with Crippen LogP contribution < -0.4 is 10.1 Å². The Morgan fingerprint density at radius 3 is 2.45 bits per heavy atom. The average molecular weight is 486 g/mol. The lowest BCUT2D eigenvalue weighted by atomic mass is 10.1. The molecule has 1 aliphatic rings. The maximum Gasteiger partial charge on any atom is 0.243 e. The van der Waals surface area contributed by atoms with E-state index >= 15 is 0 Å². The van der Waals surface area contributed by atoms with Gasteiger partial charge in [0.05, 0.1) is 17.7 Å². The number of carbonyl (C=O) groups excluding carboxylic acids is 1. The number of amides is 1. The molecule has 0 atom stereocenters. The first-order valence-corrected chi connectivity index (χ1v) is 12.0. The summed E-state index contributed by atoms with van der Waals surface area (Å²) in [7, 11) is -0.238. The molecule has 1 aliphatic heterocycles. The number of piperazine rings is 1. The number of hydrogen-bond acceptors (Lipinski definition) is 5. The summed E-state index contributed by atoms with van der Waals surface area (Å²) in [5.41, 5.74) is 1.12. The molecule has 168 valence electrons. The van der Waals surface area contributed by atoms with Crippen molar-refractivity contribution in [2.45, 2.75) is 17.7 Å². The van der Waals surface area contributed by atoms with Gasteiger partial charge in [-0.15, -0.1) is 0 Å².